The van der Waals surface area contributed by atoms with E-state index < -0.39 is 35.6 Å². The largest absolute Gasteiger partial charge is 0.452 e. The Kier molecular flexibility index (Phi) is 5.44. The number of amides is 2. The molecule has 2 atom stereocenters. The lowest BCUT2D eigenvalue weighted by molar-refractivity contribution is -0.155. The summed E-state index contributed by atoms with van der Waals surface area (Å²) in [7, 11) is 0. The first-order chi connectivity index (χ1) is 13.3. The molecule has 28 heavy (non-hydrogen) atoms. The van der Waals surface area contributed by atoms with E-state index in [9.17, 15) is 18.8 Å². The molecule has 0 aliphatic carbocycles. The lowest BCUT2D eigenvalue weighted by Gasteiger charge is -2.25. The summed E-state index contributed by atoms with van der Waals surface area (Å²) in [5.74, 6) is -2.99. The molecular weight excluding hydrogens is 363 g/mol. The molecule has 0 spiro atoms. The highest BCUT2D eigenvalue weighted by molar-refractivity contribution is 6.01. The summed E-state index contributed by atoms with van der Waals surface area (Å²) in [5, 5.41) is 5.32. The van der Waals surface area contributed by atoms with E-state index in [1.54, 1.807) is 0 Å². The van der Waals surface area contributed by atoms with Crippen LogP contribution in [0.25, 0.3) is 0 Å². The molecule has 0 fully saturated rings. The number of rotatable bonds is 4. The third-order valence-electron chi connectivity index (χ3n) is 4.73. The van der Waals surface area contributed by atoms with E-state index in [2.05, 4.69) is 10.6 Å². The van der Waals surface area contributed by atoms with Gasteiger partial charge in [-0.3, -0.25) is 14.4 Å². The number of para-hydroxylation sites is 1. The second kappa shape index (κ2) is 7.80. The number of nitrogens with one attached hydrogen (secondary N) is 2. The summed E-state index contributed by atoms with van der Waals surface area (Å²) >= 11 is 0. The van der Waals surface area contributed by atoms with E-state index in [-0.39, 0.29) is 12.1 Å². The molecule has 0 radical (unpaired) electrons. The van der Waals surface area contributed by atoms with E-state index in [0.29, 0.717) is 11.3 Å². The van der Waals surface area contributed by atoms with E-state index in [4.69, 9.17) is 4.74 Å². The Bertz CT molecular complexity index is 937. The minimum absolute atomic E-state index is 0.122. The van der Waals surface area contributed by atoms with Gasteiger partial charge in [-0.25, -0.2) is 4.39 Å². The van der Waals surface area contributed by atoms with Crippen molar-refractivity contribution in [2.45, 2.75) is 39.2 Å². The second-order valence-electron chi connectivity index (χ2n) is 6.87. The molecule has 7 heteroatoms. The number of hydrogen-bond donors (Lipinski definition) is 2. The van der Waals surface area contributed by atoms with Crippen molar-refractivity contribution in [2.24, 2.45) is 0 Å². The molecule has 0 bridgehead atoms. The molecule has 1 heterocycles. The average molecular weight is 384 g/mol. The highest BCUT2D eigenvalue weighted by atomic mass is 19.1. The van der Waals surface area contributed by atoms with Gasteiger partial charge in [0.25, 0.3) is 5.91 Å². The molecule has 0 saturated carbocycles. The Hall–Kier alpha value is -3.22. The van der Waals surface area contributed by atoms with Crippen molar-refractivity contribution in [1.29, 1.82) is 0 Å². The second-order valence-corrected chi connectivity index (χ2v) is 6.87. The first-order valence-corrected chi connectivity index (χ1v) is 8.93. The molecule has 2 aromatic rings. The standard InChI is InChI=1S/C21H21FN2O4/c1-11-5-4-6-12(2)19(11)24-20(26)13(3)28-21(27)16-10-18(25)23-17-9-14(22)7-8-15(16)17/h4-9,13,16H,10H2,1-3H3,(H,23,25)(H,24,26)/t13-,16+/m1/s1. The maximum atomic E-state index is 13.4. The smallest absolute Gasteiger partial charge is 0.314 e. The zero-order chi connectivity index (χ0) is 20.4. The Morgan fingerprint density at radius 2 is 1.89 bits per heavy atom. The number of carbonyl (C=O) groups is 3. The number of fused-ring (bicyclic) bond motifs is 1. The molecule has 2 N–H and O–H groups in total. The Morgan fingerprint density at radius 3 is 2.57 bits per heavy atom. The van der Waals surface area contributed by atoms with Crippen LogP contribution in [-0.2, 0) is 19.1 Å². The summed E-state index contributed by atoms with van der Waals surface area (Å²) in [6.45, 7) is 5.21. The van der Waals surface area contributed by atoms with Crippen LogP contribution >= 0.6 is 0 Å². The zero-order valence-corrected chi connectivity index (χ0v) is 15.8. The molecule has 1 aliphatic rings. The maximum Gasteiger partial charge on any atom is 0.314 e. The van der Waals surface area contributed by atoms with Gasteiger partial charge < -0.3 is 15.4 Å². The third-order valence-corrected chi connectivity index (χ3v) is 4.73. The first kappa shape index (κ1) is 19.5. The number of halogens is 1. The normalized spacial score (nSPS) is 16.6. The van der Waals surface area contributed by atoms with E-state index >= 15 is 0 Å². The van der Waals surface area contributed by atoms with E-state index in [0.717, 1.165) is 17.2 Å². The Labute approximate surface area is 162 Å². The molecular formula is C21H21FN2O4. The number of benzene rings is 2. The molecule has 2 aromatic carbocycles. The predicted octanol–water partition coefficient (Wildman–Crippen LogP) is 3.44. The van der Waals surface area contributed by atoms with Gasteiger partial charge in [0.15, 0.2) is 6.10 Å². The molecule has 0 saturated heterocycles. The monoisotopic (exact) mass is 384 g/mol. The molecule has 3 rings (SSSR count). The fraction of sp³-hybridized carbons (Fsp3) is 0.286. The summed E-state index contributed by atoms with van der Waals surface area (Å²) in [6.07, 6.45) is -1.18. The fourth-order valence-electron chi connectivity index (χ4n) is 3.19. The van der Waals surface area contributed by atoms with E-state index in [1.807, 2.05) is 32.0 Å². The predicted molar refractivity (Wildman–Crippen MR) is 102 cm³/mol. The highest BCUT2D eigenvalue weighted by Crippen LogP contribution is 2.34. The van der Waals surface area contributed by atoms with Gasteiger partial charge in [-0.1, -0.05) is 24.3 Å². The summed E-state index contributed by atoms with van der Waals surface area (Å²) in [4.78, 5) is 37.0. The van der Waals surface area contributed by atoms with Crippen molar-refractivity contribution in [2.75, 3.05) is 10.6 Å². The van der Waals surface area contributed by atoms with Crippen LogP contribution in [0.4, 0.5) is 15.8 Å². The van der Waals surface area contributed by atoms with Crippen molar-refractivity contribution in [1.82, 2.24) is 0 Å². The SMILES string of the molecule is Cc1cccc(C)c1NC(=O)[C@@H](C)OC(=O)[C@H]1CC(=O)Nc2cc(F)ccc21. The zero-order valence-electron chi connectivity index (χ0n) is 15.8. The van der Waals surface area contributed by atoms with Crippen molar-refractivity contribution >= 4 is 29.2 Å². The van der Waals surface area contributed by atoms with Crippen LogP contribution in [0.3, 0.4) is 0 Å². The van der Waals surface area contributed by atoms with E-state index in [1.165, 1.54) is 19.1 Å². The van der Waals surface area contributed by atoms with Crippen LogP contribution < -0.4 is 10.6 Å². The molecule has 0 aromatic heterocycles. The fourth-order valence-corrected chi connectivity index (χ4v) is 3.19. The summed E-state index contributed by atoms with van der Waals surface area (Å²) in [6, 6.07) is 9.44. The van der Waals surface area contributed by atoms with Crippen molar-refractivity contribution in [3.05, 3.63) is 58.9 Å². The van der Waals surface area contributed by atoms with Crippen LogP contribution in [0, 0.1) is 19.7 Å². The maximum absolute atomic E-state index is 13.4. The number of hydrogen-bond acceptors (Lipinski definition) is 4. The van der Waals surface area contributed by atoms with Gasteiger partial charge in [-0.15, -0.1) is 0 Å². The highest BCUT2D eigenvalue weighted by Gasteiger charge is 2.34. The van der Waals surface area contributed by atoms with Crippen LogP contribution in [0.1, 0.15) is 36.0 Å². The molecule has 146 valence electrons. The number of anilines is 2. The molecule has 1 aliphatic heterocycles. The number of esters is 1. The molecule has 6 nitrogen and oxygen atoms in total. The van der Waals surface area contributed by atoms with Crippen LogP contribution in [0.5, 0.6) is 0 Å². The van der Waals surface area contributed by atoms with Crippen LogP contribution in [-0.4, -0.2) is 23.9 Å². The Morgan fingerprint density at radius 1 is 1.21 bits per heavy atom. The van der Waals surface area contributed by atoms with Gasteiger partial charge >= 0.3 is 5.97 Å². The quantitative estimate of drug-likeness (QED) is 0.791. The van der Waals surface area contributed by atoms with Crippen molar-refractivity contribution in [3.8, 4) is 0 Å². The average Bonchev–Trinajstić information content (AvgIpc) is 2.63. The van der Waals surface area contributed by atoms with Gasteiger partial charge in [0, 0.05) is 17.8 Å². The summed E-state index contributed by atoms with van der Waals surface area (Å²) < 4.78 is 18.7. The lowest BCUT2D eigenvalue weighted by atomic mass is 9.90. The van der Waals surface area contributed by atoms with Crippen molar-refractivity contribution < 1.29 is 23.5 Å². The Balaban J connectivity index is 1.72. The number of aryl methyl sites for hydroxylation is 2. The minimum Gasteiger partial charge on any atom is -0.452 e. The number of carbonyl (C=O) groups excluding carboxylic acids is 3. The van der Waals surface area contributed by atoms with Gasteiger partial charge in [0.1, 0.15) is 5.82 Å². The van der Waals surface area contributed by atoms with Crippen LogP contribution in [0.15, 0.2) is 36.4 Å². The van der Waals surface area contributed by atoms with Gasteiger partial charge in [0.05, 0.1) is 5.92 Å². The van der Waals surface area contributed by atoms with Gasteiger partial charge in [-0.05, 0) is 49.6 Å². The topological polar surface area (TPSA) is 84.5 Å². The molecule has 0 unspecified atom stereocenters. The van der Waals surface area contributed by atoms with Crippen molar-refractivity contribution in [3.63, 3.8) is 0 Å². The van der Waals surface area contributed by atoms with Crippen LogP contribution in [0.2, 0.25) is 0 Å². The minimum atomic E-state index is -1.06. The number of ether oxygens (including phenoxy) is 1. The molecule has 2 amide bonds. The van der Waals surface area contributed by atoms with Gasteiger partial charge in [0.2, 0.25) is 5.91 Å². The van der Waals surface area contributed by atoms with Gasteiger partial charge in [-0.2, -0.15) is 0 Å². The third kappa shape index (κ3) is 4.03. The first-order valence-electron chi connectivity index (χ1n) is 8.93. The summed E-state index contributed by atoms with van der Waals surface area (Å²) in [5.41, 5.74) is 3.17. The lowest BCUT2D eigenvalue weighted by Crippen LogP contribution is -2.34.